The lowest BCUT2D eigenvalue weighted by atomic mass is 10.1. The van der Waals surface area contributed by atoms with Gasteiger partial charge in [-0.25, -0.2) is 4.98 Å². The number of pyridine rings is 1. The number of H-pyrrole nitrogens is 1. The van der Waals surface area contributed by atoms with E-state index in [1.807, 2.05) is 37.5 Å². The quantitative estimate of drug-likeness (QED) is 0.761. The first-order chi connectivity index (χ1) is 11.0. The summed E-state index contributed by atoms with van der Waals surface area (Å²) in [6, 6.07) is 7.95. The Morgan fingerprint density at radius 2 is 2.09 bits per heavy atom. The van der Waals surface area contributed by atoms with Gasteiger partial charge in [0.25, 0.3) is 0 Å². The molecule has 1 aromatic carbocycles. The lowest BCUT2D eigenvalue weighted by molar-refractivity contribution is 0.540. The molecule has 0 spiro atoms. The molecule has 2 N–H and O–H groups in total. The number of aromatic nitrogens is 3. The minimum Gasteiger partial charge on any atom is -0.357 e. The highest BCUT2D eigenvalue weighted by molar-refractivity contribution is 5.79. The van der Waals surface area contributed by atoms with Crippen molar-refractivity contribution in [1.82, 2.24) is 19.9 Å². The number of nitrogens with zero attached hydrogens (tertiary/aromatic N) is 2. The third kappa shape index (κ3) is 3.35. The van der Waals surface area contributed by atoms with Gasteiger partial charge in [-0.2, -0.15) is 0 Å². The average molecular weight is 310 g/mol. The molecule has 2 aromatic heterocycles. The molecule has 0 saturated heterocycles. The van der Waals surface area contributed by atoms with Crippen LogP contribution in [0.25, 0.3) is 10.9 Å². The van der Waals surface area contributed by atoms with Crippen molar-refractivity contribution >= 4 is 10.9 Å². The lowest BCUT2D eigenvalue weighted by Crippen LogP contribution is -2.19. The van der Waals surface area contributed by atoms with Crippen molar-refractivity contribution in [3.63, 3.8) is 0 Å². The van der Waals surface area contributed by atoms with Crippen LogP contribution in [-0.4, -0.2) is 14.5 Å². The first kappa shape index (κ1) is 15.5. The van der Waals surface area contributed by atoms with Crippen LogP contribution < -0.4 is 10.7 Å². The molecule has 0 fully saturated rings. The fourth-order valence-corrected chi connectivity index (χ4v) is 2.77. The van der Waals surface area contributed by atoms with Crippen molar-refractivity contribution in [2.24, 2.45) is 0 Å². The van der Waals surface area contributed by atoms with E-state index < -0.39 is 0 Å². The third-order valence-corrected chi connectivity index (χ3v) is 3.94. The van der Waals surface area contributed by atoms with Crippen molar-refractivity contribution in [2.75, 3.05) is 0 Å². The maximum atomic E-state index is 12.2. The number of hydrogen-bond acceptors (Lipinski definition) is 3. The molecule has 0 aliphatic carbocycles. The minimum atomic E-state index is 0.0583. The predicted octanol–water partition coefficient (Wildman–Crippen LogP) is 2.90. The summed E-state index contributed by atoms with van der Waals surface area (Å²) in [5, 5.41) is 4.09. The van der Waals surface area contributed by atoms with Crippen molar-refractivity contribution in [1.29, 1.82) is 0 Å². The van der Waals surface area contributed by atoms with Crippen LogP contribution in [0.3, 0.4) is 0 Å². The maximum Gasteiger partial charge on any atom is 0.189 e. The molecule has 0 radical (unpaired) electrons. The zero-order valence-corrected chi connectivity index (χ0v) is 13.8. The van der Waals surface area contributed by atoms with Gasteiger partial charge in [-0.3, -0.25) is 4.79 Å². The summed E-state index contributed by atoms with van der Waals surface area (Å²) in [5.74, 6) is 0.999. The normalized spacial score (nSPS) is 11.5. The SMILES string of the molecule is Cc1ccc2[nH]c(CNCc3nccn3C(C)C)cc(=O)c2c1. The molecule has 23 heavy (non-hydrogen) atoms. The molecule has 2 heterocycles. The zero-order valence-electron chi connectivity index (χ0n) is 13.8. The van der Waals surface area contributed by atoms with Gasteiger partial charge in [0, 0.05) is 47.6 Å². The zero-order chi connectivity index (χ0) is 16.4. The van der Waals surface area contributed by atoms with E-state index in [2.05, 4.69) is 33.7 Å². The summed E-state index contributed by atoms with van der Waals surface area (Å²) >= 11 is 0. The number of rotatable bonds is 5. The Kier molecular flexibility index (Phi) is 4.30. The Morgan fingerprint density at radius 1 is 1.26 bits per heavy atom. The Morgan fingerprint density at radius 3 is 2.87 bits per heavy atom. The number of aromatic amines is 1. The smallest absolute Gasteiger partial charge is 0.189 e. The summed E-state index contributed by atoms with van der Waals surface area (Å²) in [6.45, 7) is 7.52. The van der Waals surface area contributed by atoms with Gasteiger partial charge < -0.3 is 14.9 Å². The van der Waals surface area contributed by atoms with Gasteiger partial charge in [0.05, 0.1) is 6.54 Å². The van der Waals surface area contributed by atoms with E-state index in [1.54, 1.807) is 6.07 Å². The van der Waals surface area contributed by atoms with E-state index in [9.17, 15) is 4.79 Å². The fraction of sp³-hybridized carbons (Fsp3) is 0.333. The van der Waals surface area contributed by atoms with E-state index in [-0.39, 0.29) is 5.43 Å². The molecule has 0 amide bonds. The molecule has 120 valence electrons. The van der Waals surface area contributed by atoms with Crippen LogP contribution in [-0.2, 0) is 13.1 Å². The number of aryl methyl sites for hydroxylation is 1. The molecule has 0 aliphatic rings. The van der Waals surface area contributed by atoms with Crippen molar-refractivity contribution in [3.05, 3.63) is 64.0 Å². The molecule has 0 aliphatic heterocycles. The van der Waals surface area contributed by atoms with Gasteiger partial charge in [0.2, 0.25) is 0 Å². The number of benzene rings is 1. The predicted molar refractivity (Wildman–Crippen MR) is 92.5 cm³/mol. The Labute approximate surface area is 135 Å². The molecule has 0 unspecified atom stereocenters. The van der Waals surface area contributed by atoms with Gasteiger partial charge >= 0.3 is 0 Å². The van der Waals surface area contributed by atoms with Crippen LogP contribution in [0, 0.1) is 6.92 Å². The number of fused-ring (bicyclic) bond motifs is 1. The summed E-state index contributed by atoms with van der Waals surface area (Å²) < 4.78 is 2.14. The summed E-state index contributed by atoms with van der Waals surface area (Å²) in [6.07, 6.45) is 3.80. The Bertz CT molecular complexity index is 876. The van der Waals surface area contributed by atoms with Crippen LogP contribution in [0.15, 0.2) is 41.5 Å². The summed E-state index contributed by atoms with van der Waals surface area (Å²) in [4.78, 5) is 19.9. The standard InChI is InChI=1S/C18H22N4O/c1-12(2)22-7-6-20-18(22)11-19-10-14-9-17(23)15-8-13(3)4-5-16(15)21-14/h4-9,12,19H,10-11H2,1-3H3,(H,21,23). The largest absolute Gasteiger partial charge is 0.357 e. The molecule has 5 heteroatoms. The highest BCUT2D eigenvalue weighted by Gasteiger charge is 2.06. The van der Waals surface area contributed by atoms with Crippen molar-refractivity contribution < 1.29 is 0 Å². The van der Waals surface area contributed by atoms with Gasteiger partial charge in [0.15, 0.2) is 5.43 Å². The number of nitrogens with one attached hydrogen (secondary N) is 2. The molecular formula is C18H22N4O. The topological polar surface area (TPSA) is 62.7 Å². The number of hydrogen-bond donors (Lipinski definition) is 2. The third-order valence-electron chi connectivity index (χ3n) is 3.94. The molecule has 0 bridgehead atoms. The van der Waals surface area contributed by atoms with Gasteiger partial charge in [-0.15, -0.1) is 0 Å². The highest BCUT2D eigenvalue weighted by Crippen LogP contribution is 2.11. The average Bonchev–Trinajstić information content (AvgIpc) is 2.97. The van der Waals surface area contributed by atoms with Crippen molar-refractivity contribution in [3.8, 4) is 0 Å². The summed E-state index contributed by atoms with van der Waals surface area (Å²) in [5.41, 5.74) is 2.91. The molecular weight excluding hydrogens is 288 g/mol. The van der Waals surface area contributed by atoms with E-state index in [1.165, 1.54) is 0 Å². The van der Waals surface area contributed by atoms with Gasteiger partial charge in [-0.05, 0) is 32.9 Å². The second-order valence-corrected chi connectivity index (χ2v) is 6.16. The van der Waals surface area contributed by atoms with Crippen LogP contribution >= 0.6 is 0 Å². The highest BCUT2D eigenvalue weighted by atomic mass is 16.1. The Balaban J connectivity index is 1.73. The monoisotopic (exact) mass is 310 g/mol. The van der Waals surface area contributed by atoms with E-state index in [0.29, 0.717) is 19.1 Å². The first-order valence-electron chi connectivity index (χ1n) is 7.89. The Hall–Kier alpha value is -2.40. The molecule has 3 aromatic rings. The van der Waals surface area contributed by atoms with Crippen LogP contribution in [0.1, 0.15) is 37.0 Å². The van der Waals surface area contributed by atoms with E-state index >= 15 is 0 Å². The van der Waals surface area contributed by atoms with E-state index in [0.717, 1.165) is 28.0 Å². The molecule has 0 atom stereocenters. The van der Waals surface area contributed by atoms with Crippen molar-refractivity contribution in [2.45, 2.75) is 39.9 Å². The van der Waals surface area contributed by atoms with Crippen LogP contribution in [0.4, 0.5) is 0 Å². The van der Waals surface area contributed by atoms with Gasteiger partial charge in [-0.1, -0.05) is 11.6 Å². The summed E-state index contributed by atoms with van der Waals surface area (Å²) in [7, 11) is 0. The number of imidazole rings is 1. The fourth-order valence-electron chi connectivity index (χ4n) is 2.77. The van der Waals surface area contributed by atoms with Crippen LogP contribution in [0.2, 0.25) is 0 Å². The van der Waals surface area contributed by atoms with E-state index in [4.69, 9.17) is 0 Å². The second kappa shape index (κ2) is 6.38. The molecule has 0 saturated carbocycles. The molecule has 5 nitrogen and oxygen atoms in total. The minimum absolute atomic E-state index is 0.0583. The maximum absolute atomic E-state index is 12.2. The lowest BCUT2D eigenvalue weighted by Gasteiger charge is -2.12. The molecule has 3 rings (SSSR count). The second-order valence-electron chi connectivity index (χ2n) is 6.16. The van der Waals surface area contributed by atoms with Crippen LogP contribution in [0.5, 0.6) is 0 Å². The van der Waals surface area contributed by atoms with Gasteiger partial charge in [0.1, 0.15) is 5.82 Å². The first-order valence-corrected chi connectivity index (χ1v) is 7.89.